The molecule has 0 amide bonds. The fraction of sp³-hybridized carbons (Fsp3) is 0. The van der Waals surface area contributed by atoms with Gasteiger partial charge >= 0.3 is 0 Å². The van der Waals surface area contributed by atoms with Crippen LogP contribution in [0, 0.1) is 0 Å². The van der Waals surface area contributed by atoms with Crippen molar-refractivity contribution in [3.05, 3.63) is 0 Å². The zero-order chi connectivity index (χ0) is 0. The molecule has 0 fully saturated rings. The fourth-order valence-corrected chi connectivity index (χ4v) is 0. The van der Waals surface area contributed by atoms with Crippen LogP contribution in [0.2, 0.25) is 0 Å². The Morgan fingerprint density at radius 3 is 1.00 bits per heavy atom. The molecule has 0 heterocycles. The van der Waals surface area contributed by atoms with E-state index < -0.39 is 0 Å². The van der Waals surface area contributed by atoms with Crippen LogP contribution in [-0.2, 0) is 77.3 Å². The molecule has 0 atom stereocenters. The maximum Gasteiger partial charge on any atom is 0 e. The number of hydrogen-bond donors (Lipinski definition) is 0. The second kappa shape index (κ2) is 18.0. The van der Waals surface area contributed by atoms with Gasteiger partial charge in [-0.2, -0.15) is 0 Å². The molecule has 4 heavy (non-hydrogen) atoms. The molecular weight excluding hydrogens is 414 g/mol. The van der Waals surface area contributed by atoms with Crippen molar-refractivity contribution in [3.8, 4) is 0 Å². The normalized spacial score (nSPS) is 0. The Labute approximate surface area is 76.3 Å². The maximum absolute atomic E-state index is 0. The molecular formula is AgCrNiPt. The van der Waals surface area contributed by atoms with Crippen LogP contribution in [0.15, 0.2) is 0 Å². The van der Waals surface area contributed by atoms with Gasteiger partial charge in [0.2, 0.25) is 0 Å². The van der Waals surface area contributed by atoms with Gasteiger partial charge in [-0.1, -0.05) is 0 Å². The van der Waals surface area contributed by atoms with Crippen molar-refractivity contribution in [2.24, 2.45) is 0 Å². The Hall–Kier alpha value is 2.45. The van der Waals surface area contributed by atoms with Gasteiger partial charge in [-0.15, -0.1) is 0 Å². The smallest absolute Gasteiger partial charge is 0 e. The summed E-state index contributed by atoms with van der Waals surface area (Å²) in [6.45, 7) is 0. The predicted molar refractivity (Wildman–Crippen MR) is 0 cm³/mol. The minimum atomic E-state index is 0. The molecule has 0 aromatic carbocycles. The summed E-state index contributed by atoms with van der Waals surface area (Å²) in [6.07, 6.45) is 0. The van der Waals surface area contributed by atoms with Crippen LogP contribution in [0.25, 0.3) is 0 Å². The van der Waals surface area contributed by atoms with E-state index in [9.17, 15) is 0 Å². The maximum atomic E-state index is 0. The first-order valence-corrected chi connectivity index (χ1v) is 0. The third kappa shape index (κ3) is 8.82. The van der Waals surface area contributed by atoms with Gasteiger partial charge in [-0.3, -0.25) is 0 Å². The quantitative estimate of drug-likeness (QED) is 0.490. The van der Waals surface area contributed by atoms with E-state index in [4.69, 9.17) is 0 Å². The minimum Gasteiger partial charge on any atom is 0 e. The van der Waals surface area contributed by atoms with E-state index in [0.29, 0.717) is 0 Å². The first-order valence-electron chi connectivity index (χ1n) is 0. The topological polar surface area (TPSA) is 0 Å². The summed E-state index contributed by atoms with van der Waals surface area (Å²) < 4.78 is 0. The van der Waals surface area contributed by atoms with Crippen molar-refractivity contribution in [3.63, 3.8) is 0 Å². The van der Waals surface area contributed by atoms with E-state index in [1.54, 1.807) is 0 Å². The molecule has 0 aromatic heterocycles. The Morgan fingerprint density at radius 1 is 1.00 bits per heavy atom. The van der Waals surface area contributed by atoms with E-state index in [1.165, 1.54) is 0 Å². The summed E-state index contributed by atoms with van der Waals surface area (Å²) in [5, 5.41) is 0. The van der Waals surface area contributed by atoms with Crippen molar-refractivity contribution >= 4 is 0 Å². The van der Waals surface area contributed by atoms with Gasteiger partial charge in [-0.25, -0.2) is 0 Å². The van der Waals surface area contributed by atoms with Crippen LogP contribution >= 0.6 is 0 Å². The van der Waals surface area contributed by atoms with Crippen LogP contribution in [0.3, 0.4) is 0 Å². The molecule has 0 N–H and O–H groups in total. The average molecular weight is 414 g/mol. The van der Waals surface area contributed by atoms with Gasteiger partial charge in [0.05, 0.1) is 0 Å². The summed E-state index contributed by atoms with van der Waals surface area (Å²) in [5.41, 5.74) is 0. The zero-order valence-corrected chi connectivity index (χ0v) is 7.36. The van der Waals surface area contributed by atoms with Crippen LogP contribution in [0.5, 0.6) is 0 Å². The molecule has 0 saturated carbocycles. The molecule has 0 rings (SSSR count). The van der Waals surface area contributed by atoms with Gasteiger partial charge in [0.1, 0.15) is 0 Å². The van der Waals surface area contributed by atoms with Gasteiger partial charge in [-0.05, 0) is 0 Å². The third-order valence-electron chi connectivity index (χ3n) is 0. The molecule has 0 unspecified atom stereocenters. The van der Waals surface area contributed by atoms with Gasteiger partial charge in [0.25, 0.3) is 0 Å². The SMILES string of the molecule is [Ag].[Cr].[Ni].[Pt]. The molecule has 0 nitrogen and oxygen atoms in total. The molecule has 37 valence electrons. The molecule has 0 spiro atoms. The van der Waals surface area contributed by atoms with E-state index in [2.05, 4.69) is 0 Å². The Morgan fingerprint density at radius 2 is 1.00 bits per heavy atom. The van der Waals surface area contributed by atoms with Crippen molar-refractivity contribution < 1.29 is 77.3 Å². The largest absolute Gasteiger partial charge is 0 e. The standard InChI is InChI=1S/Ag.Cr.Ni.Pt. The predicted octanol–water partition coefficient (Wildman–Crippen LogP) is -0.0100. The molecule has 0 aliphatic rings. The number of rotatable bonds is 0. The van der Waals surface area contributed by atoms with E-state index in [-0.39, 0.29) is 77.3 Å². The van der Waals surface area contributed by atoms with Crippen LogP contribution < -0.4 is 0 Å². The molecule has 0 saturated heterocycles. The Balaban J connectivity index is 0. The second-order valence-electron chi connectivity index (χ2n) is 0. The van der Waals surface area contributed by atoms with Crippen molar-refractivity contribution in [2.75, 3.05) is 0 Å². The Bertz CT molecular complexity index is 8.00. The van der Waals surface area contributed by atoms with Crippen LogP contribution in [-0.4, -0.2) is 0 Å². The first-order chi connectivity index (χ1) is 0. The van der Waals surface area contributed by atoms with Crippen molar-refractivity contribution in [2.45, 2.75) is 0 Å². The molecule has 1 radical (unpaired) electrons. The molecule has 0 aliphatic carbocycles. The van der Waals surface area contributed by atoms with E-state index in [1.807, 2.05) is 0 Å². The average Bonchev–Trinajstić information content (AvgIpc) is 0. The van der Waals surface area contributed by atoms with Crippen LogP contribution in [0.1, 0.15) is 0 Å². The summed E-state index contributed by atoms with van der Waals surface area (Å²) in [6, 6.07) is 0. The monoisotopic (exact) mass is 412 g/mol. The Kier molecular flexibility index (Phi) is 143. The van der Waals surface area contributed by atoms with Crippen LogP contribution in [0.4, 0.5) is 0 Å². The summed E-state index contributed by atoms with van der Waals surface area (Å²) in [4.78, 5) is 0. The van der Waals surface area contributed by atoms with Crippen molar-refractivity contribution in [1.29, 1.82) is 0 Å². The second-order valence-corrected chi connectivity index (χ2v) is 0. The molecule has 4 heteroatoms. The van der Waals surface area contributed by atoms with Gasteiger partial charge in [0, 0.05) is 77.3 Å². The summed E-state index contributed by atoms with van der Waals surface area (Å²) >= 11 is 0. The van der Waals surface area contributed by atoms with Gasteiger partial charge < -0.3 is 0 Å². The fourth-order valence-electron chi connectivity index (χ4n) is 0. The summed E-state index contributed by atoms with van der Waals surface area (Å²) in [5.74, 6) is 0. The molecule has 0 bridgehead atoms. The van der Waals surface area contributed by atoms with E-state index >= 15 is 0 Å². The van der Waals surface area contributed by atoms with E-state index in [0.717, 1.165) is 0 Å². The van der Waals surface area contributed by atoms with Gasteiger partial charge in [0.15, 0.2) is 0 Å². The molecule has 0 aliphatic heterocycles. The number of hydrogen-bond acceptors (Lipinski definition) is 0. The summed E-state index contributed by atoms with van der Waals surface area (Å²) in [7, 11) is 0. The third-order valence-corrected chi connectivity index (χ3v) is 0. The first kappa shape index (κ1) is 31.9. The zero-order valence-electron chi connectivity index (χ0n) is 1.34. The minimum absolute atomic E-state index is 0. The van der Waals surface area contributed by atoms with Crippen molar-refractivity contribution in [1.82, 2.24) is 0 Å². The molecule has 0 aromatic rings.